The third kappa shape index (κ3) is 8.58. The van der Waals surface area contributed by atoms with E-state index in [4.69, 9.17) is 30.8 Å². The van der Waals surface area contributed by atoms with E-state index in [1.165, 1.54) is 0 Å². The summed E-state index contributed by atoms with van der Waals surface area (Å²) in [4.78, 5) is 31.9. The van der Waals surface area contributed by atoms with E-state index < -0.39 is 17.8 Å². The second-order valence-electron chi connectivity index (χ2n) is 10.3. The molecule has 1 fully saturated rings. The molecular formula is C31H37Cl2N3O6. The molecule has 1 aromatic heterocycles. The summed E-state index contributed by atoms with van der Waals surface area (Å²) >= 11 is 6.48. The lowest BCUT2D eigenvalue weighted by molar-refractivity contribution is -0.0477. The van der Waals surface area contributed by atoms with E-state index in [2.05, 4.69) is 10.2 Å². The summed E-state index contributed by atoms with van der Waals surface area (Å²) in [6.45, 7) is 4.12. The molecule has 0 aliphatic carbocycles. The zero-order valence-corrected chi connectivity index (χ0v) is 25.6. The van der Waals surface area contributed by atoms with Crippen LogP contribution in [0.25, 0.3) is 22.4 Å². The summed E-state index contributed by atoms with van der Waals surface area (Å²) in [5.74, 6) is -0.0116. The molecule has 226 valence electrons. The molecule has 42 heavy (non-hydrogen) atoms. The monoisotopic (exact) mass is 617 g/mol. The lowest BCUT2D eigenvalue weighted by atomic mass is 9.95. The van der Waals surface area contributed by atoms with Gasteiger partial charge in [-0.15, -0.1) is 12.4 Å². The van der Waals surface area contributed by atoms with Gasteiger partial charge in [0.1, 0.15) is 11.4 Å². The number of carboxylic acid groups (broad SMARTS) is 1. The summed E-state index contributed by atoms with van der Waals surface area (Å²) in [6.07, 6.45) is 0.410. The Morgan fingerprint density at radius 3 is 2.62 bits per heavy atom. The number of aromatic nitrogens is 1. The number of hydrogen-bond acceptors (Lipinski definition) is 7. The number of nitrogens with zero attached hydrogens (tertiary/aromatic N) is 2. The Morgan fingerprint density at radius 2 is 1.88 bits per heavy atom. The predicted molar refractivity (Wildman–Crippen MR) is 165 cm³/mol. The number of halogens is 2. The SMILES string of the molecule is Cc1ccccc1-c1ccc(C(=O)NC2(OC(=O)O)CCCOCC2)nc1-c1ccc(Cl)c(OCCCN(C)C)c1.Cl. The van der Waals surface area contributed by atoms with Crippen molar-refractivity contribution >= 4 is 36.1 Å². The molecule has 1 amide bonds. The number of rotatable bonds is 10. The van der Waals surface area contributed by atoms with Gasteiger partial charge in [-0.25, -0.2) is 9.78 Å². The molecule has 2 aromatic carbocycles. The van der Waals surface area contributed by atoms with Crippen LogP contribution in [0.3, 0.4) is 0 Å². The first-order chi connectivity index (χ1) is 19.7. The van der Waals surface area contributed by atoms with Gasteiger partial charge in [0.25, 0.3) is 5.91 Å². The van der Waals surface area contributed by atoms with E-state index >= 15 is 0 Å². The minimum absolute atomic E-state index is 0. The van der Waals surface area contributed by atoms with E-state index in [0.29, 0.717) is 42.5 Å². The highest BCUT2D eigenvalue weighted by molar-refractivity contribution is 6.32. The normalized spacial score (nSPS) is 16.7. The molecule has 2 N–H and O–H groups in total. The highest BCUT2D eigenvalue weighted by Gasteiger charge is 2.38. The number of pyridine rings is 1. The molecule has 0 bridgehead atoms. The van der Waals surface area contributed by atoms with Crippen molar-refractivity contribution < 1.29 is 28.9 Å². The van der Waals surface area contributed by atoms with Gasteiger partial charge in [-0.2, -0.15) is 0 Å². The fraction of sp³-hybridized carbons (Fsp3) is 0.387. The van der Waals surface area contributed by atoms with Crippen molar-refractivity contribution in [2.45, 2.75) is 38.3 Å². The Labute approximate surface area is 257 Å². The summed E-state index contributed by atoms with van der Waals surface area (Å²) < 4.78 is 16.7. The Bertz CT molecular complexity index is 1380. The first kappa shape index (κ1) is 33.1. The van der Waals surface area contributed by atoms with Gasteiger partial charge in [-0.05, 0) is 69.3 Å². The van der Waals surface area contributed by atoms with Crippen molar-refractivity contribution in [3.8, 4) is 28.1 Å². The van der Waals surface area contributed by atoms with Crippen LogP contribution in [0.1, 0.15) is 41.7 Å². The van der Waals surface area contributed by atoms with Gasteiger partial charge in [0, 0.05) is 37.1 Å². The lowest BCUT2D eigenvalue weighted by Gasteiger charge is -2.31. The lowest BCUT2D eigenvalue weighted by Crippen LogP contribution is -2.52. The predicted octanol–water partition coefficient (Wildman–Crippen LogP) is 6.45. The second kappa shape index (κ2) is 15.2. The number of aryl methyl sites for hydroxylation is 1. The van der Waals surface area contributed by atoms with Crippen molar-refractivity contribution in [3.05, 3.63) is 70.9 Å². The van der Waals surface area contributed by atoms with Crippen LogP contribution in [0.5, 0.6) is 5.75 Å². The first-order valence-corrected chi connectivity index (χ1v) is 14.0. The Kier molecular flexibility index (Phi) is 12.0. The molecule has 1 aliphatic rings. The van der Waals surface area contributed by atoms with Gasteiger partial charge in [-0.1, -0.05) is 41.9 Å². The molecule has 1 atom stereocenters. The van der Waals surface area contributed by atoms with Gasteiger partial charge < -0.3 is 29.5 Å². The molecule has 2 heterocycles. The Hall–Kier alpha value is -3.37. The van der Waals surface area contributed by atoms with Crippen LogP contribution < -0.4 is 10.1 Å². The molecule has 0 spiro atoms. The largest absolute Gasteiger partial charge is 0.507 e. The second-order valence-corrected chi connectivity index (χ2v) is 10.7. The summed E-state index contributed by atoms with van der Waals surface area (Å²) in [7, 11) is 4.02. The quantitative estimate of drug-likeness (QED) is 0.152. The third-order valence-electron chi connectivity index (χ3n) is 6.92. The smallest absolute Gasteiger partial charge is 0.492 e. The highest BCUT2D eigenvalue weighted by Crippen LogP contribution is 2.36. The summed E-state index contributed by atoms with van der Waals surface area (Å²) in [5.41, 5.74) is 2.87. The average molecular weight is 619 g/mol. The fourth-order valence-corrected chi connectivity index (χ4v) is 5.01. The molecule has 1 unspecified atom stereocenters. The molecule has 1 aliphatic heterocycles. The van der Waals surface area contributed by atoms with E-state index in [-0.39, 0.29) is 31.1 Å². The summed E-state index contributed by atoms with van der Waals surface area (Å²) in [6, 6.07) is 16.9. The van der Waals surface area contributed by atoms with Gasteiger partial charge >= 0.3 is 6.16 Å². The molecular weight excluding hydrogens is 581 g/mol. The van der Waals surface area contributed by atoms with E-state index in [0.717, 1.165) is 35.2 Å². The zero-order valence-electron chi connectivity index (χ0n) is 24.0. The Morgan fingerprint density at radius 1 is 1.10 bits per heavy atom. The minimum atomic E-state index is -1.46. The standard InChI is InChI=1S/C31H36ClN3O6.ClH/c1-21-8-4-5-9-23(21)24-11-13-26(29(36)34-31(41-30(37)38)14-6-17-39-19-15-31)33-28(24)22-10-12-25(32)27(20-22)40-18-7-16-35(2)3;/h4-5,8-13,20H,6-7,14-19H2,1-3H3,(H,34,36)(H,37,38);1H. The van der Waals surface area contributed by atoms with Crippen LogP contribution in [0.2, 0.25) is 5.02 Å². The van der Waals surface area contributed by atoms with Gasteiger partial charge in [0.15, 0.2) is 5.72 Å². The van der Waals surface area contributed by atoms with Crippen molar-refractivity contribution in [2.75, 3.05) is 40.5 Å². The van der Waals surface area contributed by atoms with Crippen molar-refractivity contribution in [1.82, 2.24) is 15.2 Å². The van der Waals surface area contributed by atoms with Crippen LogP contribution in [-0.4, -0.2) is 73.2 Å². The fourth-order valence-electron chi connectivity index (χ4n) is 4.84. The van der Waals surface area contributed by atoms with Crippen LogP contribution in [0.15, 0.2) is 54.6 Å². The van der Waals surface area contributed by atoms with Crippen LogP contribution in [-0.2, 0) is 9.47 Å². The maximum Gasteiger partial charge on any atom is 0.507 e. The van der Waals surface area contributed by atoms with Crippen molar-refractivity contribution in [1.29, 1.82) is 0 Å². The van der Waals surface area contributed by atoms with Crippen LogP contribution in [0, 0.1) is 6.92 Å². The van der Waals surface area contributed by atoms with Crippen molar-refractivity contribution in [3.63, 3.8) is 0 Å². The summed E-state index contributed by atoms with van der Waals surface area (Å²) in [5, 5.41) is 12.7. The number of hydrogen-bond donors (Lipinski definition) is 2. The number of ether oxygens (including phenoxy) is 3. The van der Waals surface area contributed by atoms with E-state index in [1.807, 2.05) is 63.5 Å². The number of amides is 1. The minimum Gasteiger partial charge on any atom is -0.492 e. The van der Waals surface area contributed by atoms with Crippen LogP contribution in [0.4, 0.5) is 4.79 Å². The number of carbonyl (C=O) groups is 2. The highest BCUT2D eigenvalue weighted by atomic mass is 35.5. The van der Waals surface area contributed by atoms with Gasteiger partial charge in [0.2, 0.25) is 0 Å². The number of carbonyl (C=O) groups excluding carboxylic acids is 1. The molecule has 9 nitrogen and oxygen atoms in total. The third-order valence-corrected chi connectivity index (χ3v) is 7.23. The Balaban J connectivity index is 0.00000484. The van der Waals surface area contributed by atoms with Crippen LogP contribution >= 0.6 is 24.0 Å². The average Bonchev–Trinajstić information content (AvgIpc) is 3.16. The van der Waals surface area contributed by atoms with E-state index in [9.17, 15) is 14.7 Å². The van der Waals surface area contributed by atoms with Gasteiger partial charge in [-0.3, -0.25) is 4.79 Å². The maximum absolute atomic E-state index is 13.5. The maximum atomic E-state index is 13.5. The molecule has 3 aromatic rings. The van der Waals surface area contributed by atoms with Crippen molar-refractivity contribution in [2.24, 2.45) is 0 Å². The molecule has 4 rings (SSSR count). The molecule has 0 saturated carbocycles. The zero-order chi connectivity index (χ0) is 29.4. The number of benzene rings is 2. The molecule has 11 heteroatoms. The van der Waals surface area contributed by atoms with Gasteiger partial charge in [0.05, 0.1) is 23.9 Å². The topological polar surface area (TPSA) is 110 Å². The molecule has 0 radical (unpaired) electrons. The molecule has 1 saturated heterocycles. The first-order valence-electron chi connectivity index (χ1n) is 13.6. The van der Waals surface area contributed by atoms with E-state index in [1.54, 1.807) is 12.1 Å². The number of nitrogens with one attached hydrogen (secondary N) is 1.